The van der Waals surface area contributed by atoms with Gasteiger partial charge in [-0.2, -0.15) is 0 Å². The van der Waals surface area contributed by atoms with Crippen LogP contribution >= 0.6 is 0 Å². The molecule has 0 saturated carbocycles. The maximum atomic E-state index is 12.5. The van der Waals surface area contributed by atoms with Crippen molar-refractivity contribution in [1.29, 1.82) is 0 Å². The zero-order chi connectivity index (χ0) is 23.2. The smallest absolute Gasteiger partial charge is 0.374 e. The second-order valence-electron chi connectivity index (χ2n) is 6.94. The van der Waals surface area contributed by atoms with Crippen molar-refractivity contribution in [2.24, 2.45) is 0 Å². The molecule has 0 unspecified atom stereocenters. The highest BCUT2D eigenvalue weighted by Gasteiger charge is 2.19. The van der Waals surface area contributed by atoms with Crippen molar-refractivity contribution in [2.45, 2.75) is 39.5 Å². The fraction of sp³-hybridized carbons (Fsp3) is 0.320. The fourth-order valence-electron chi connectivity index (χ4n) is 2.54. The normalized spacial score (nSPS) is 10.9. The maximum absolute atomic E-state index is 12.5. The van der Waals surface area contributed by atoms with Gasteiger partial charge in [-0.3, -0.25) is 4.79 Å². The van der Waals surface area contributed by atoms with Gasteiger partial charge in [0.1, 0.15) is 0 Å². The van der Waals surface area contributed by atoms with Crippen molar-refractivity contribution in [3.8, 4) is 5.75 Å². The number of nitrogens with one attached hydrogen (secondary N) is 1. The molecule has 0 aliphatic carbocycles. The van der Waals surface area contributed by atoms with Gasteiger partial charge in [-0.25, -0.2) is 9.59 Å². The molecule has 0 fully saturated rings. The van der Waals surface area contributed by atoms with E-state index in [0.717, 1.165) is 18.9 Å². The van der Waals surface area contributed by atoms with Crippen molar-refractivity contribution in [3.63, 3.8) is 0 Å². The molecule has 2 rings (SSSR count). The van der Waals surface area contributed by atoms with E-state index < -0.39 is 11.9 Å². The van der Waals surface area contributed by atoms with Crippen molar-refractivity contribution >= 4 is 23.5 Å². The predicted molar refractivity (Wildman–Crippen MR) is 121 cm³/mol. The fourth-order valence-corrected chi connectivity index (χ4v) is 2.54. The summed E-state index contributed by atoms with van der Waals surface area (Å²) in [6.07, 6.45) is 4.09. The van der Waals surface area contributed by atoms with Gasteiger partial charge in [0.2, 0.25) is 5.76 Å². The first kappa shape index (κ1) is 24.7. The molecule has 2 aromatic rings. The minimum Gasteiger partial charge on any atom is -0.462 e. The number of amides is 1. The van der Waals surface area contributed by atoms with E-state index in [2.05, 4.69) is 5.32 Å². The second-order valence-corrected chi connectivity index (χ2v) is 6.94. The van der Waals surface area contributed by atoms with Crippen LogP contribution in [0.25, 0.3) is 0 Å². The Morgan fingerprint density at radius 1 is 0.844 bits per heavy atom. The standard InChI is InChI=1S/C25H29NO6/c1-3-5-16-30-23(27)18-22(25(29)31-17-6-4-2)32-21-15-11-10-14-20(21)26-24(28)19-12-8-7-9-13-19/h7-15,18H,3-6,16-17H2,1-2H3,(H,26,28)/b22-18-. The molecule has 1 amide bonds. The zero-order valence-corrected chi connectivity index (χ0v) is 18.5. The second kappa shape index (κ2) is 13.6. The van der Waals surface area contributed by atoms with Gasteiger partial charge in [-0.15, -0.1) is 0 Å². The number of unbranched alkanes of at least 4 members (excludes halogenated alkanes) is 2. The Hall–Kier alpha value is -3.61. The zero-order valence-electron chi connectivity index (χ0n) is 18.5. The van der Waals surface area contributed by atoms with E-state index in [1.165, 1.54) is 0 Å². The Bertz CT molecular complexity index is 923. The summed E-state index contributed by atoms with van der Waals surface area (Å²) in [5.41, 5.74) is 0.810. The number of benzene rings is 2. The molecule has 0 bridgehead atoms. The van der Waals surface area contributed by atoms with Gasteiger partial charge in [0.25, 0.3) is 5.91 Å². The molecule has 0 radical (unpaired) electrons. The van der Waals surface area contributed by atoms with Gasteiger partial charge in [0, 0.05) is 5.56 Å². The molecule has 7 heteroatoms. The summed E-state index contributed by atoms with van der Waals surface area (Å²) >= 11 is 0. The van der Waals surface area contributed by atoms with Crippen LogP contribution in [0.15, 0.2) is 66.4 Å². The molecule has 0 saturated heterocycles. The van der Waals surface area contributed by atoms with Crippen molar-refractivity contribution in [1.82, 2.24) is 0 Å². The van der Waals surface area contributed by atoms with E-state index in [1.807, 2.05) is 19.9 Å². The van der Waals surface area contributed by atoms with Gasteiger partial charge in [-0.1, -0.05) is 57.0 Å². The van der Waals surface area contributed by atoms with Crippen LogP contribution in [0.5, 0.6) is 5.75 Å². The highest BCUT2D eigenvalue weighted by molar-refractivity contribution is 6.05. The summed E-state index contributed by atoms with van der Waals surface area (Å²) in [6.45, 7) is 4.39. The largest absolute Gasteiger partial charge is 0.462 e. The minimum absolute atomic E-state index is 0.192. The molecule has 0 aromatic heterocycles. The van der Waals surface area contributed by atoms with Crippen LogP contribution in [0.2, 0.25) is 0 Å². The average molecular weight is 440 g/mol. The van der Waals surface area contributed by atoms with Gasteiger partial charge in [-0.05, 0) is 37.1 Å². The summed E-state index contributed by atoms with van der Waals surface area (Å²) in [4.78, 5) is 37.2. The van der Waals surface area contributed by atoms with Gasteiger partial charge < -0.3 is 19.5 Å². The Morgan fingerprint density at radius 3 is 2.16 bits per heavy atom. The lowest BCUT2D eigenvalue weighted by atomic mass is 10.2. The van der Waals surface area contributed by atoms with Crippen LogP contribution in [0, 0.1) is 0 Å². The maximum Gasteiger partial charge on any atom is 0.374 e. The molecule has 0 aliphatic heterocycles. The predicted octanol–water partition coefficient (Wildman–Crippen LogP) is 4.89. The molecule has 0 aliphatic rings. The monoisotopic (exact) mass is 439 g/mol. The minimum atomic E-state index is -0.782. The topological polar surface area (TPSA) is 90.9 Å². The van der Waals surface area contributed by atoms with Crippen molar-refractivity contribution in [3.05, 3.63) is 72.0 Å². The number of rotatable bonds is 12. The highest BCUT2D eigenvalue weighted by Crippen LogP contribution is 2.27. The Balaban J connectivity index is 2.21. The van der Waals surface area contributed by atoms with Crippen LogP contribution in [0.1, 0.15) is 49.9 Å². The lowest BCUT2D eigenvalue weighted by Crippen LogP contribution is -2.18. The lowest BCUT2D eigenvalue weighted by molar-refractivity contribution is -0.143. The molecule has 0 spiro atoms. The third-order valence-electron chi connectivity index (χ3n) is 4.31. The van der Waals surface area contributed by atoms with E-state index >= 15 is 0 Å². The van der Waals surface area contributed by atoms with Gasteiger partial charge in [0.05, 0.1) is 25.0 Å². The third kappa shape index (κ3) is 8.26. The Kier molecular flexibility index (Phi) is 10.5. The quantitative estimate of drug-likeness (QED) is 0.219. The number of carbonyl (C=O) groups is 3. The SMILES string of the molecule is CCCCOC(=O)/C=C(\Oc1ccccc1NC(=O)c1ccccc1)C(=O)OCCCC. The summed E-state index contributed by atoms with van der Waals surface area (Å²) in [7, 11) is 0. The van der Waals surface area contributed by atoms with Crippen molar-refractivity contribution < 1.29 is 28.6 Å². The van der Waals surface area contributed by atoms with Crippen molar-refractivity contribution in [2.75, 3.05) is 18.5 Å². The molecule has 1 N–H and O–H groups in total. The van der Waals surface area contributed by atoms with E-state index in [9.17, 15) is 14.4 Å². The number of hydrogen-bond acceptors (Lipinski definition) is 6. The molecule has 2 aromatic carbocycles. The molecule has 32 heavy (non-hydrogen) atoms. The number of anilines is 1. The highest BCUT2D eigenvalue weighted by atomic mass is 16.6. The van der Waals surface area contributed by atoms with E-state index in [1.54, 1.807) is 48.5 Å². The first-order chi connectivity index (χ1) is 15.5. The van der Waals surface area contributed by atoms with E-state index in [4.69, 9.17) is 14.2 Å². The van der Waals surface area contributed by atoms with Crippen LogP contribution < -0.4 is 10.1 Å². The number of carbonyl (C=O) groups excluding carboxylic acids is 3. The number of hydrogen-bond donors (Lipinski definition) is 1. The average Bonchev–Trinajstić information content (AvgIpc) is 2.80. The van der Waals surface area contributed by atoms with E-state index in [0.29, 0.717) is 24.1 Å². The van der Waals surface area contributed by atoms with Gasteiger partial charge in [0.15, 0.2) is 5.75 Å². The molecule has 7 nitrogen and oxygen atoms in total. The number of para-hydroxylation sites is 2. The van der Waals surface area contributed by atoms with Crippen LogP contribution in [0.3, 0.4) is 0 Å². The Labute approximate surface area is 188 Å². The molecular weight excluding hydrogens is 410 g/mol. The number of ether oxygens (including phenoxy) is 3. The van der Waals surface area contributed by atoms with Crippen LogP contribution in [-0.4, -0.2) is 31.1 Å². The number of esters is 2. The molecule has 170 valence electrons. The molecule has 0 heterocycles. The van der Waals surface area contributed by atoms with Gasteiger partial charge >= 0.3 is 11.9 Å². The first-order valence-corrected chi connectivity index (χ1v) is 10.7. The van der Waals surface area contributed by atoms with E-state index in [-0.39, 0.29) is 30.6 Å². The summed E-state index contributed by atoms with van der Waals surface area (Å²) in [5, 5.41) is 2.76. The van der Waals surface area contributed by atoms with Crippen LogP contribution in [0.4, 0.5) is 5.69 Å². The summed E-state index contributed by atoms with van der Waals surface area (Å²) in [6, 6.07) is 15.3. The summed E-state index contributed by atoms with van der Waals surface area (Å²) < 4.78 is 16.0. The van der Waals surface area contributed by atoms with Crippen LogP contribution in [-0.2, 0) is 19.1 Å². The Morgan fingerprint density at radius 2 is 1.47 bits per heavy atom. The first-order valence-electron chi connectivity index (χ1n) is 10.7. The molecular formula is C25H29NO6. The molecule has 0 atom stereocenters. The third-order valence-corrected chi connectivity index (χ3v) is 4.31. The lowest BCUT2D eigenvalue weighted by Gasteiger charge is -2.14. The summed E-state index contributed by atoms with van der Waals surface area (Å²) in [5.74, 6) is -1.95.